The number of para-hydroxylation sites is 4. The molecular formula is C38H40N2. The van der Waals surface area contributed by atoms with Gasteiger partial charge in [-0.3, -0.25) is 0 Å². The Morgan fingerprint density at radius 3 is 0.900 bits per heavy atom. The summed E-state index contributed by atoms with van der Waals surface area (Å²) in [5.41, 5.74) is 12.6. The van der Waals surface area contributed by atoms with Gasteiger partial charge in [-0.05, 0) is 90.4 Å². The van der Waals surface area contributed by atoms with Crippen molar-refractivity contribution in [2.45, 2.75) is 53.4 Å². The topological polar surface area (TPSA) is 6.48 Å². The lowest BCUT2D eigenvalue weighted by molar-refractivity contribution is 1.08. The Morgan fingerprint density at radius 2 is 0.625 bits per heavy atom. The van der Waals surface area contributed by atoms with Gasteiger partial charge in [0.15, 0.2) is 0 Å². The second kappa shape index (κ2) is 12.7. The fourth-order valence-corrected chi connectivity index (χ4v) is 5.70. The van der Waals surface area contributed by atoms with Crippen molar-refractivity contribution in [3.63, 3.8) is 0 Å². The summed E-state index contributed by atoms with van der Waals surface area (Å²) in [4.78, 5) is 4.91. The molecule has 0 amide bonds. The van der Waals surface area contributed by atoms with Crippen LogP contribution >= 0.6 is 0 Å². The molecule has 2 nitrogen and oxygen atoms in total. The highest BCUT2D eigenvalue weighted by Gasteiger charge is 2.21. The van der Waals surface area contributed by atoms with Gasteiger partial charge in [-0.1, -0.05) is 107 Å². The number of hydrogen-bond acceptors (Lipinski definition) is 2. The van der Waals surface area contributed by atoms with Crippen LogP contribution in [-0.4, -0.2) is 0 Å². The first-order valence-corrected chi connectivity index (χ1v) is 14.7. The SMILES string of the molecule is CCc1ccccc1N(c1cccc(N(c2ccccc2CC)c2ccccc2CC)c1)c1ccccc1CC. The molecular weight excluding hydrogens is 484 g/mol. The first-order valence-electron chi connectivity index (χ1n) is 14.7. The number of benzene rings is 5. The monoisotopic (exact) mass is 524 g/mol. The third kappa shape index (κ3) is 5.40. The molecule has 0 bridgehead atoms. The van der Waals surface area contributed by atoms with E-state index in [4.69, 9.17) is 0 Å². The van der Waals surface area contributed by atoms with Crippen LogP contribution in [0, 0.1) is 0 Å². The molecule has 5 rings (SSSR count). The van der Waals surface area contributed by atoms with Gasteiger partial charge in [-0.2, -0.15) is 0 Å². The minimum Gasteiger partial charge on any atom is -0.310 e. The number of hydrogen-bond donors (Lipinski definition) is 0. The smallest absolute Gasteiger partial charge is 0.0493 e. The molecule has 0 fully saturated rings. The van der Waals surface area contributed by atoms with Crippen molar-refractivity contribution in [2.75, 3.05) is 9.80 Å². The largest absolute Gasteiger partial charge is 0.310 e. The normalized spacial score (nSPS) is 10.9. The van der Waals surface area contributed by atoms with Gasteiger partial charge in [0, 0.05) is 34.1 Å². The molecule has 0 spiro atoms. The molecule has 2 heteroatoms. The zero-order chi connectivity index (χ0) is 27.9. The van der Waals surface area contributed by atoms with Crippen molar-refractivity contribution in [3.05, 3.63) is 144 Å². The third-order valence-corrected chi connectivity index (χ3v) is 7.80. The Bertz CT molecular complexity index is 1360. The Kier molecular flexibility index (Phi) is 8.66. The zero-order valence-corrected chi connectivity index (χ0v) is 24.3. The third-order valence-electron chi connectivity index (χ3n) is 7.80. The summed E-state index contributed by atoms with van der Waals surface area (Å²) >= 11 is 0. The van der Waals surface area contributed by atoms with E-state index >= 15 is 0 Å². The van der Waals surface area contributed by atoms with Crippen molar-refractivity contribution in [3.8, 4) is 0 Å². The summed E-state index contributed by atoms with van der Waals surface area (Å²) in [6, 6.07) is 44.3. The fourth-order valence-electron chi connectivity index (χ4n) is 5.70. The lowest BCUT2D eigenvalue weighted by Crippen LogP contribution is -2.16. The quantitative estimate of drug-likeness (QED) is 0.179. The zero-order valence-electron chi connectivity index (χ0n) is 24.3. The average Bonchev–Trinajstić information content (AvgIpc) is 3.02. The summed E-state index contributed by atoms with van der Waals surface area (Å²) < 4.78 is 0. The van der Waals surface area contributed by atoms with Crippen LogP contribution in [0.25, 0.3) is 0 Å². The average molecular weight is 525 g/mol. The maximum absolute atomic E-state index is 2.46. The van der Waals surface area contributed by atoms with E-state index in [0.29, 0.717) is 0 Å². The number of rotatable bonds is 10. The van der Waals surface area contributed by atoms with E-state index in [1.165, 1.54) is 45.0 Å². The number of anilines is 6. The summed E-state index contributed by atoms with van der Waals surface area (Å²) in [5, 5.41) is 0. The molecule has 0 N–H and O–H groups in total. The molecule has 0 saturated heterocycles. The Balaban J connectivity index is 1.76. The molecule has 0 heterocycles. The van der Waals surface area contributed by atoms with E-state index in [1.54, 1.807) is 0 Å². The number of aryl methyl sites for hydroxylation is 4. The highest BCUT2D eigenvalue weighted by Crippen LogP contribution is 2.43. The Morgan fingerprint density at radius 1 is 0.350 bits per heavy atom. The van der Waals surface area contributed by atoms with Gasteiger partial charge in [0.25, 0.3) is 0 Å². The molecule has 0 atom stereocenters. The van der Waals surface area contributed by atoms with Crippen molar-refractivity contribution < 1.29 is 0 Å². The molecule has 0 aromatic heterocycles. The predicted octanol–water partition coefficient (Wildman–Crippen LogP) is 10.9. The molecule has 0 aliphatic rings. The molecule has 0 aliphatic carbocycles. The van der Waals surface area contributed by atoms with Crippen molar-refractivity contribution >= 4 is 34.1 Å². The van der Waals surface area contributed by atoms with Gasteiger partial charge in [0.1, 0.15) is 0 Å². The van der Waals surface area contributed by atoms with E-state index in [9.17, 15) is 0 Å². The van der Waals surface area contributed by atoms with Crippen LogP contribution in [0.4, 0.5) is 34.1 Å². The summed E-state index contributed by atoms with van der Waals surface area (Å²) in [6.07, 6.45) is 3.89. The molecule has 5 aromatic carbocycles. The van der Waals surface area contributed by atoms with Crippen LogP contribution in [0.2, 0.25) is 0 Å². The second-order valence-corrected chi connectivity index (χ2v) is 10.1. The molecule has 5 aromatic rings. The van der Waals surface area contributed by atoms with E-state index < -0.39 is 0 Å². The van der Waals surface area contributed by atoms with Crippen LogP contribution in [0.3, 0.4) is 0 Å². The Labute approximate surface area is 240 Å². The lowest BCUT2D eigenvalue weighted by Gasteiger charge is -2.32. The molecule has 0 unspecified atom stereocenters. The second-order valence-electron chi connectivity index (χ2n) is 10.1. The maximum Gasteiger partial charge on any atom is 0.0493 e. The van der Waals surface area contributed by atoms with Gasteiger partial charge < -0.3 is 9.80 Å². The van der Waals surface area contributed by atoms with E-state index in [-0.39, 0.29) is 0 Å². The van der Waals surface area contributed by atoms with Gasteiger partial charge in [-0.15, -0.1) is 0 Å². The van der Waals surface area contributed by atoms with Gasteiger partial charge in [-0.25, -0.2) is 0 Å². The molecule has 0 radical (unpaired) electrons. The van der Waals surface area contributed by atoms with Crippen LogP contribution in [0.5, 0.6) is 0 Å². The van der Waals surface area contributed by atoms with Crippen molar-refractivity contribution in [1.82, 2.24) is 0 Å². The van der Waals surface area contributed by atoms with Crippen molar-refractivity contribution in [2.24, 2.45) is 0 Å². The van der Waals surface area contributed by atoms with Crippen molar-refractivity contribution in [1.29, 1.82) is 0 Å². The summed E-state index contributed by atoms with van der Waals surface area (Å²) in [7, 11) is 0. The van der Waals surface area contributed by atoms with Gasteiger partial charge >= 0.3 is 0 Å². The predicted molar refractivity (Wildman–Crippen MR) is 173 cm³/mol. The highest BCUT2D eigenvalue weighted by molar-refractivity contribution is 5.86. The molecule has 202 valence electrons. The Hall–Kier alpha value is -4.30. The first kappa shape index (κ1) is 27.3. The van der Waals surface area contributed by atoms with Crippen LogP contribution in [0.1, 0.15) is 49.9 Å². The van der Waals surface area contributed by atoms with Crippen LogP contribution in [0.15, 0.2) is 121 Å². The maximum atomic E-state index is 2.46. The standard InChI is InChI=1S/C38H40N2/c1-5-29-18-9-13-24-35(29)39(36-25-14-10-19-30(36)6-2)33-22-17-23-34(28-33)40(37-26-15-11-20-31(37)7-3)38-27-16-12-21-32(38)8-4/h9-28H,5-8H2,1-4H3. The molecule has 40 heavy (non-hydrogen) atoms. The van der Waals surface area contributed by atoms with E-state index in [2.05, 4.69) is 159 Å². The molecule has 0 saturated carbocycles. The van der Waals surface area contributed by atoms with Gasteiger partial charge in [0.05, 0.1) is 0 Å². The van der Waals surface area contributed by atoms with Crippen LogP contribution in [-0.2, 0) is 25.7 Å². The summed E-state index contributed by atoms with van der Waals surface area (Å²) in [5.74, 6) is 0. The minimum absolute atomic E-state index is 0.973. The van der Waals surface area contributed by atoms with E-state index in [1.807, 2.05) is 0 Å². The van der Waals surface area contributed by atoms with Crippen LogP contribution < -0.4 is 9.80 Å². The first-order chi connectivity index (χ1) is 19.7. The fraction of sp³-hybridized carbons (Fsp3) is 0.211. The number of nitrogens with zero attached hydrogens (tertiary/aromatic N) is 2. The highest BCUT2D eigenvalue weighted by atomic mass is 15.2. The summed E-state index contributed by atoms with van der Waals surface area (Å²) in [6.45, 7) is 8.96. The lowest BCUT2D eigenvalue weighted by atomic mass is 10.0. The minimum atomic E-state index is 0.973. The van der Waals surface area contributed by atoms with Gasteiger partial charge in [0.2, 0.25) is 0 Å². The van der Waals surface area contributed by atoms with E-state index in [0.717, 1.165) is 37.1 Å². The molecule has 0 aliphatic heterocycles.